The number of rotatable bonds is 6. The Bertz CT molecular complexity index is 817. The van der Waals surface area contributed by atoms with E-state index < -0.39 is 4.92 Å². The van der Waals surface area contributed by atoms with Gasteiger partial charge in [0.1, 0.15) is 11.3 Å². The van der Waals surface area contributed by atoms with Crippen LogP contribution >= 0.6 is 0 Å². The van der Waals surface area contributed by atoms with Crippen LogP contribution in [0.2, 0.25) is 0 Å². The summed E-state index contributed by atoms with van der Waals surface area (Å²) >= 11 is 0. The molecule has 1 aliphatic carbocycles. The normalized spacial score (nSPS) is 19.1. The minimum atomic E-state index is -0.519. The molecule has 2 aromatic rings. The molecule has 0 unspecified atom stereocenters. The van der Waals surface area contributed by atoms with Gasteiger partial charge in [0.25, 0.3) is 11.6 Å². The molecule has 3 rings (SSSR count). The molecule has 142 valence electrons. The van der Waals surface area contributed by atoms with Crippen molar-refractivity contribution in [3.05, 3.63) is 69.8 Å². The summed E-state index contributed by atoms with van der Waals surface area (Å²) in [5.74, 6) is 0.635. The van der Waals surface area contributed by atoms with Crippen LogP contribution in [0.25, 0.3) is 0 Å². The standard InChI is InChI=1S/C21H24N2O4/c1-14(2)27-16-12-10-15(11-13-16)17-7-5-8-19(17)22-21(24)18-6-3-4-9-20(18)23(25)26/h3-4,6,9-14,17,19H,5,7-8H2,1-2H3,(H,22,24)/t17-,19-/m1/s1. The first-order chi connectivity index (χ1) is 13.0. The number of carbonyl (C=O) groups is 1. The first kappa shape index (κ1) is 18.9. The lowest BCUT2D eigenvalue weighted by atomic mass is 9.93. The molecule has 0 heterocycles. The van der Waals surface area contributed by atoms with Gasteiger partial charge in [0.15, 0.2) is 0 Å². The van der Waals surface area contributed by atoms with E-state index in [9.17, 15) is 14.9 Å². The summed E-state index contributed by atoms with van der Waals surface area (Å²) in [5, 5.41) is 14.2. The number of benzene rings is 2. The summed E-state index contributed by atoms with van der Waals surface area (Å²) in [7, 11) is 0. The number of amides is 1. The minimum Gasteiger partial charge on any atom is -0.491 e. The van der Waals surface area contributed by atoms with Crippen molar-refractivity contribution in [1.82, 2.24) is 5.32 Å². The fourth-order valence-electron chi connectivity index (χ4n) is 3.67. The monoisotopic (exact) mass is 368 g/mol. The third kappa shape index (κ3) is 4.45. The van der Waals surface area contributed by atoms with Gasteiger partial charge in [0.2, 0.25) is 0 Å². The summed E-state index contributed by atoms with van der Waals surface area (Å²) in [6.07, 6.45) is 2.97. The molecule has 0 aromatic heterocycles. The van der Waals surface area contributed by atoms with Gasteiger partial charge in [-0.1, -0.05) is 30.7 Å². The third-order valence-electron chi connectivity index (χ3n) is 4.86. The van der Waals surface area contributed by atoms with Crippen molar-refractivity contribution in [2.75, 3.05) is 0 Å². The maximum atomic E-state index is 12.6. The molecule has 0 saturated heterocycles. The van der Waals surface area contributed by atoms with E-state index in [-0.39, 0.29) is 35.2 Å². The molecule has 0 spiro atoms. The lowest BCUT2D eigenvalue weighted by Gasteiger charge is -2.22. The lowest BCUT2D eigenvalue weighted by molar-refractivity contribution is -0.385. The van der Waals surface area contributed by atoms with Gasteiger partial charge in [0.05, 0.1) is 11.0 Å². The zero-order valence-electron chi connectivity index (χ0n) is 15.6. The van der Waals surface area contributed by atoms with Gasteiger partial charge in [-0.15, -0.1) is 0 Å². The molecule has 1 fully saturated rings. The van der Waals surface area contributed by atoms with Crippen molar-refractivity contribution in [2.24, 2.45) is 0 Å². The highest BCUT2D eigenvalue weighted by atomic mass is 16.6. The Balaban J connectivity index is 1.73. The van der Waals surface area contributed by atoms with Crippen LogP contribution in [0.4, 0.5) is 5.69 Å². The van der Waals surface area contributed by atoms with E-state index in [2.05, 4.69) is 5.32 Å². The van der Waals surface area contributed by atoms with Crippen LogP contribution in [0, 0.1) is 10.1 Å². The maximum Gasteiger partial charge on any atom is 0.282 e. The summed E-state index contributed by atoms with van der Waals surface area (Å²) in [5.41, 5.74) is 1.09. The Morgan fingerprint density at radius 3 is 2.52 bits per heavy atom. The average Bonchev–Trinajstić information content (AvgIpc) is 3.10. The number of hydrogen-bond donors (Lipinski definition) is 1. The van der Waals surface area contributed by atoms with Crippen LogP contribution in [-0.4, -0.2) is 23.0 Å². The Morgan fingerprint density at radius 1 is 1.15 bits per heavy atom. The number of carbonyl (C=O) groups excluding carboxylic acids is 1. The molecule has 1 aliphatic rings. The molecule has 0 bridgehead atoms. The van der Waals surface area contributed by atoms with Gasteiger partial charge in [-0.05, 0) is 50.5 Å². The topological polar surface area (TPSA) is 81.5 Å². The van der Waals surface area contributed by atoms with Crippen molar-refractivity contribution < 1.29 is 14.5 Å². The van der Waals surface area contributed by atoms with Crippen molar-refractivity contribution in [3.8, 4) is 5.75 Å². The number of nitro benzene ring substituents is 1. The van der Waals surface area contributed by atoms with Crippen LogP contribution in [0.15, 0.2) is 48.5 Å². The quantitative estimate of drug-likeness (QED) is 0.603. The fourth-order valence-corrected chi connectivity index (χ4v) is 3.67. The molecular formula is C21H24N2O4. The molecule has 2 aromatic carbocycles. The Morgan fingerprint density at radius 2 is 1.85 bits per heavy atom. The van der Waals surface area contributed by atoms with E-state index in [1.807, 2.05) is 38.1 Å². The summed E-state index contributed by atoms with van der Waals surface area (Å²) in [6, 6.07) is 14.0. The van der Waals surface area contributed by atoms with Crippen molar-refractivity contribution in [3.63, 3.8) is 0 Å². The first-order valence-corrected chi connectivity index (χ1v) is 9.26. The van der Waals surface area contributed by atoms with E-state index in [1.165, 1.54) is 12.1 Å². The number of nitrogens with zero attached hydrogens (tertiary/aromatic N) is 1. The largest absolute Gasteiger partial charge is 0.491 e. The molecule has 6 nitrogen and oxygen atoms in total. The highest BCUT2D eigenvalue weighted by Gasteiger charge is 2.31. The molecule has 1 N–H and O–H groups in total. The molecule has 0 radical (unpaired) electrons. The van der Waals surface area contributed by atoms with Gasteiger partial charge < -0.3 is 10.1 Å². The van der Waals surface area contributed by atoms with Crippen LogP contribution in [0.3, 0.4) is 0 Å². The SMILES string of the molecule is CC(C)Oc1ccc([C@H]2CCC[C@H]2NC(=O)c2ccccc2[N+](=O)[O-])cc1. The summed E-state index contributed by atoms with van der Waals surface area (Å²) in [4.78, 5) is 23.3. The Hall–Kier alpha value is -2.89. The second-order valence-electron chi connectivity index (χ2n) is 7.13. The lowest BCUT2D eigenvalue weighted by Crippen LogP contribution is -2.36. The number of nitro groups is 1. The average molecular weight is 368 g/mol. The van der Waals surface area contributed by atoms with E-state index in [1.54, 1.807) is 12.1 Å². The van der Waals surface area contributed by atoms with Crippen molar-refractivity contribution in [2.45, 2.75) is 51.2 Å². The first-order valence-electron chi connectivity index (χ1n) is 9.26. The van der Waals surface area contributed by atoms with Gasteiger partial charge in [-0.25, -0.2) is 0 Å². The molecule has 1 saturated carbocycles. The van der Waals surface area contributed by atoms with Gasteiger partial charge in [0, 0.05) is 18.0 Å². The van der Waals surface area contributed by atoms with Crippen LogP contribution in [-0.2, 0) is 0 Å². The fraction of sp³-hybridized carbons (Fsp3) is 0.381. The zero-order valence-corrected chi connectivity index (χ0v) is 15.6. The van der Waals surface area contributed by atoms with E-state index >= 15 is 0 Å². The minimum absolute atomic E-state index is 0.0332. The molecule has 27 heavy (non-hydrogen) atoms. The zero-order chi connectivity index (χ0) is 19.4. The van der Waals surface area contributed by atoms with Crippen LogP contribution in [0.1, 0.15) is 54.9 Å². The van der Waals surface area contributed by atoms with E-state index in [0.29, 0.717) is 0 Å². The predicted octanol–water partition coefficient (Wildman–Crippen LogP) is 4.45. The highest BCUT2D eigenvalue weighted by molar-refractivity contribution is 5.98. The highest BCUT2D eigenvalue weighted by Crippen LogP contribution is 2.35. The molecule has 1 amide bonds. The van der Waals surface area contributed by atoms with Gasteiger partial charge in [-0.2, -0.15) is 0 Å². The predicted molar refractivity (Wildman–Crippen MR) is 103 cm³/mol. The second-order valence-corrected chi connectivity index (χ2v) is 7.13. The maximum absolute atomic E-state index is 12.6. The molecule has 0 aliphatic heterocycles. The smallest absolute Gasteiger partial charge is 0.282 e. The van der Waals surface area contributed by atoms with E-state index in [0.717, 1.165) is 30.6 Å². The number of para-hydroxylation sites is 1. The summed E-state index contributed by atoms with van der Waals surface area (Å²) in [6.45, 7) is 3.97. The van der Waals surface area contributed by atoms with Crippen LogP contribution in [0.5, 0.6) is 5.75 Å². The summed E-state index contributed by atoms with van der Waals surface area (Å²) < 4.78 is 5.68. The molecular weight excluding hydrogens is 344 g/mol. The van der Waals surface area contributed by atoms with Gasteiger partial charge in [-0.3, -0.25) is 14.9 Å². The third-order valence-corrected chi connectivity index (χ3v) is 4.86. The number of hydrogen-bond acceptors (Lipinski definition) is 4. The number of ether oxygens (including phenoxy) is 1. The van der Waals surface area contributed by atoms with Crippen molar-refractivity contribution in [1.29, 1.82) is 0 Å². The van der Waals surface area contributed by atoms with Gasteiger partial charge >= 0.3 is 0 Å². The van der Waals surface area contributed by atoms with E-state index in [4.69, 9.17) is 4.74 Å². The Labute approximate surface area is 158 Å². The number of nitrogens with one attached hydrogen (secondary N) is 1. The Kier molecular flexibility index (Phi) is 5.74. The van der Waals surface area contributed by atoms with Crippen LogP contribution < -0.4 is 10.1 Å². The second kappa shape index (κ2) is 8.20. The van der Waals surface area contributed by atoms with Crippen molar-refractivity contribution >= 4 is 11.6 Å². The molecule has 2 atom stereocenters. The molecule has 6 heteroatoms.